The van der Waals surface area contributed by atoms with Crippen molar-refractivity contribution >= 4 is 17.6 Å². The van der Waals surface area contributed by atoms with Crippen molar-refractivity contribution in [1.82, 2.24) is 10.2 Å². The Balaban J connectivity index is 1.51. The number of hydrogen-bond donors (Lipinski definition) is 2. The van der Waals surface area contributed by atoms with Gasteiger partial charge in [0.1, 0.15) is 5.60 Å². The first-order valence-corrected chi connectivity index (χ1v) is 14.6. The average molecular weight is 582 g/mol. The summed E-state index contributed by atoms with van der Waals surface area (Å²) in [7, 11) is 3.38. The molecule has 7 heteroatoms. The number of nitrogen functional groups attached to an aromatic ring is 1. The van der Waals surface area contributed by atoms with E-state index in [-0.39, 0.29) is 5.92 Å². The molecule has 7 nitrogen and oxygen atoms in total. The van der Waals surface area contributed by atoms with Crippen molar-refractivity contribution in [3.05, 3.63) is 124 Å². The third-order valence-electron chi connectivity index (χ3n) is 7.85. The molecule has 4 rings (SSSR count). The average Bonchev–Trinajstić information content (AvgIpc) is 2.97. The largest absolute Gasteiger partial charge is 0.466 e. The lowest BCUT2D eigenvalue weighted by Crippen LogP contribution is -2.42. The van der Waals surface area contributed by atoms with Crippen molar-refractivity contribution < 1.29 is 19.1 Å². The quantitative estimate of drug-likeness (QED) is 0.207. The smallest absolute Gasteiger partial charge is 0.337 e. The van der Waals surface area contributed by atoms with E-state index in [1.807, 2.05) is 52.1 Å². The maximum Gasteiger partial charge on any atom is 0.337 e. The second kappa shape index (κ2) is 13.7. The standard InChI is InChI=1S/C36H43N3O4/c1-24-31(34(40)42-6)33(28-18-13-19-29(37)22-28)32(25(2)38-24)35(41)43-36(3,4)23-39(5)21-20-30(26-14-9-7-10-15-26)27-16-11-8-12-17-27/h7-19,22,30,33,38H,20-21,23,37H2,1-6H3. The third kappa shape index (κ3) is 7.73. The van der Waals surface area contributed by atoms with E-state index in [9.17, 15) is 9.59 Å². The van der Waals surface area contributed by atoms with Gasteiger partial charge in [-0.05, 0) is 76.5 Å². The minimum absolute atomic E-state index is 0.252. The molecule has 1 aliphatic heterocycles. The fourth-order valence-corrected chi connectivity index (χ4v) is 6.03. The summed E-state index contributed by atoms with van der Waals surface area (Å²) in [5.41, 5.74) is 11.1. The van der Waals surface area contributed by atoms with Crippen LogP contribution in [0.4, 0.5) is 5.69 Å². The number of esters is 2. The van der Waals surface area contributed by atoms with Gasteiger partial charge in [0.05, 0.1) is 24.2 Å². The molecule has 0 aromatic heterocycles. The summed E-state index contributed by atoms with van der Waals surface area (Å²) in [5.74, 6) is -1.44. The highest BCUT2D eigenvalue weighted by molar-refractivity contribution is 6.00. The number of dihydropyridines is 1. The Morgan fingerprint density at radius 3 is 1.98 bits per heavy atom. The van der Waals surface area contributed by atoms with Gasteiger partial charge >= 0.3 is 11.9 Å². The molecule has 0 bridgehead atoms. The molecule has 1 unspecified atom stereocenters. The number of hydrogen-bond acceptors (Lipinski definition) is 7. The fourth-order valence-electron chi connectivity index (χ4n) is 6.03. The van der Waals surface area contributed by atoms with Crippen LogP contribution in [0.2, 0.25) is 0 Å². The molecule has 1 aliphatic rings. The normalized spacial score (nSPS) is 15.5. The molecule has 43 heavy (non-hydrogen) atoms. The summed E-state index contributed by atoms with van der Waals surface area (Å²) < 4.78 is 11.3. The summed E-state index contributed by atoms with van der Waals surface area (Å²) in [6.07, 6.45) is 0.910. The molecule has 1 heterocycles. The molecule has 3 aromatic rings. The van der Waals surface area contributed by atoms with Crippen LogP contribution in [0.25, 0.3) is 0 Å². The number of methoxy groups -OCH3 is 1. The zero-order valence-electron chi connectivity index (χ0n) is 26.0. The Kier molecular flexibility index (Phi) is 10.1. The molecular formula is C36H43N3O4. The second-order valence-corrected chi connectivity index (χ2v) is 11.8. The Morgan fingerprint density at radius 1 is 0.884 bits per heavy atom. The number of nitrogens with zero attached hydrogens (tertiary/aromatic N) is 1. The van der Waals surface area contributed by atoms with Gasteiger partial charge in [-0.3, -0.25) is 0 Å². The third-order valence-corrected chi connectivity index (χ3v) is 7.85. The van der Waals surface area contributed by atoms with Crippen LogP contribution in [0.5, 0.6) is 0 Å². The van der Waals surface area contributed by atoms with Crippen LogP contribution in [-0.4, -0.2) is 49.7 Å². The van der Waals surface area contributed by atoms with Crippen molar-refractivity contribution in [3.8, 4) is 0 Å². The number of nitrogens with two attached hydrogens (primary N) is 1. The number of rotatable bonds is 11. The van der Waals surface area contributed by atoms with E-state index in [4.69, 9.17) is 15.2 Å². The van der Waals surface area contributed by atoms with Gasteiger partial charge in [-0.25, -0.2) is 9.59 Å². The monoisotopic (exact) mass is 581 g/mol. The summed E-state index contributed by atoms with van der Waals surface area (Å²) >= 11 is 0. The van der Waals surface area contributed by atoms with Crippen molar-refractivity contribution in [1.29, 1.82) is 0 Å². The van der Waals surface area contributed by atoms with E-state index in [1.165, 1.54) is 18.2 Å². The van der Waals surface area contributed by atoms with Gasteiger partial charge < -0.3 is 25.4 Å². The van der Waals surface area contributed by atoms with Crippen molar-refractivity contribution in [2.45, 2.75) is 51.6 Å². The topological polar surface area (TPSA) is 93.9 Å². The van der Waals surface area contributed by atoms with Crippen LogP contribution in [0, 0.1) is 0 Å². The van der Waals surface area contributed by atoms with Gasteiger partial charge in [0.2, 0.25) is 0 Å². The van der Waals surface area contributed by atoms with Crippen molar-refractivity contribution in [2.24, 2.45) is 0 Å². The van der Waals surface area contributed by atoms with Gasteiger partial charge in [0.25, 0.3) is 0 Å². The molecule has 0 aliphatic carbocycles. The zero-order valence-corrected chi connectivity index (χ0v) is 26.0. The highest BCUT2D eigenvalue weighted by Crippen LogP contribution is 2.40. The van der Waals surface area contributed by atoms with Crippen LogP contribution in [0.15, 0.2) is 107 Å². The van der Waals surface area contributed by atoms with Crippen molar-refractivity contribution in [3.63, 3.8) is 0 Å². The molecule has 3 aromatic carbocycles. The van der Waals surface area contributed by atoms with Crippen LogP contribution in [0.1, 0.15) is 62.6 Å². The first-order valence-electron chi connectivity index (χ1n) is 14.6. The second-order valence-electron chi connectivity index (χ2n) is 11.8. The van der Waals surface area contributed by atoms with E-state index < -0.39 is 23.5 Å². The molecule has 226 valence electrons. The van der Waals surface area contributed by atoms with Crippen LogP contribution >= 0.6 is 0 Å². The highest BCUT2D eigenvalue weighted by Gasteiger charge is 2.39. The van der Waals surface area contributed by atoms with Gasteiger partial charge in [-0.1, -0.05) is 72.8 Å². The van der Waals surface area contributed by atoms with Crippen LogP contribution in [-0.2, 0) is 19.1 Å². The van der Waals surface area contributed by atoms with E-state index in [0.29, 0.717) is 34.8 Å². The van der Waals surface area contributed by atoms with Crippen LogP contribution < -0.4 is 11.1 Å². The maximum atomic E-state index is 13.9. The number of allylic oxidation sites excluding steroid dienone is 2. The van der Waals surface area contributed by atoms with E-state index in [2.05, 4.69) is 58.7 Å². The summed E-state index contributed by atoms with van der Waals surface area (Å²) in [4.78, 5) is 29.1. The molecule has 0 saturated heterocycles. The lowest BCUT2D eigenvalue weighted by molar-refractivity contribution is -0.153. The Morgan fingerprint density at radius 2 is 1.44 bits per heavy atom. The van der Waals surface area contributed by atoms with E-state index >= 15 is 0 Å². The summed E-state index contributed by atoms with van der Waals surface area (Å²) in [5, 5.41) is 3.20. The molecular weight excluding hydrogens is 538 g/mol. The molecule has 3 N–H and O–H groups in total. The molecule has 0 spiro atoms. The number of nitrogens with one attached hydrogen (secondary N) is 1. The zero-order chi connectivity index (χ0) is 31.1. The lowest BCUT2D eigenvalue weighted by Gasteiger charge is -2.34. The van der Waals surface area contributed by atoms with Gasteiger partial charge in [0.15, 0.2) is 0 Å². The van der Waals surface area contributed by atoms with Crippen molar-refractivity contribution in [2.75, 3.05) is 33.0 Å². The van der Waals surface area contributed by atoms with Gasteiger partial charge in [0, 0.05) is 29.5 Å². The molecule has 1 atom stereocenters. The Hall–Kier alpha value is -4.36. The predicted octanol–water partition coefficient (Wildman–Crippen LogP) is 6.15. The van der Waals surface area contributed by atoms with E-state index in [0.717, 1.165) is 18.5 Å². The number of ether oxygens (including phenoxy) is 2. The lowest BCUT2D eigenvalue weighted by atomic mass is 9.80. The molecule has 0 amide bonds. The fraction of sp³-hybridized carbons (Fsp3) is 0.333. The first-order chi connectivity index (χ1) is 20.5. The van der Waals surface area contributed by atoms with Crippen LogP contribution in [0.3, 0.4) is 0 Å². The van der Waals surface area contributed by atoms with Gasteiger partial charge in [-0.15, -0.1) is 0 Å². The first kappa shape index (κ1) is 31.6. The number of benzene rings is 3. The number of carbonyl (C=O) groups is 2. The number of likely N-dealkylation sites (N-methyl/N-ethyl adjacent to an activating group) is 1. The maximum absolute atomic E-state index is 13.9. The SMILES string of the molecule is COC(=O)C1=C(C)NC(C)=C(C(=O)OC(C)(C)CN(C)CCC(c2ccccc2)c2ccccc2)C1c1cccc(N)c1. The minimum atomic E-state index is -0.810. The Labute approximate surface area is 255 Å². The molecule has 0 saturated carbocycles. The predicted molar refractivity (Wildman–Crippen MR) is 171 cm³/mol. The summed E-state index contributed by atoms with van der Waals surface area (Å²) in [6, 6.07) is 28.3. The highest BCUT2D eigenvalue weighted by atomic mass is 16.6. The number of anilines is 1. The Bertz CT molecular complexity index is 1460. The number of carbonyl (C=O) groups excluding carboxylic acids is 2. The molecule has 0 fully saturated rings. The van der Waals surface area contributed by atoms with E-state index in [1.54, 1.807) is 19.1 Å². The van der Waals surface area contributed by atoms with Gasteiger partial charge in [-0.2, -0.15) is 0 Å². The molecule has 0 radical (unpaired) electrons. The summed E-state index contributed by atoms with van der Waals surface area (Å²) in [6.45, 7) is 8.78. The minimum Gasteiger partial charge on any atom is -0.466 e.